The normalized spacial score (nSPS) is 18.8. The molecule has 6 nitrogen and oxygen atoms in total. The van der Waals surface area contributed by atoms with Crippen LogP contribution in [0.2, 0.25) is 0 Å². The second kappa shape index (κ2) is 4.72. The molecular weight excluding hydrogens is 270 g/mol. The number of likely N-dealkylation sites (N-methyl/N-ethyl adjacent to an activating group) is 1. The molecule has 0 spiro atoms. The fourth-order valence-electron chi connectivity index (χ4n) is 3.01. The molecule has 1 saturated carbocycles. The summed E-state index contributed by atoms with van der Waals surface area (Å²) in [7, 11) is 1.56. The lowest BCUT2D eigenvalue weighted by atomic mass is 10.1. The van der Waals surface area contributed by atoms with Crippen molar-refractivity contribution in [3.8, 4) is 0 Å². The van der Waals surface area contributed by atoms with Crippen molar-refractivity contribution in [2.75, 3.05) is 20.1 Å². The van der Waals surface area contributed by atoms with Crippen LogP contribution in [0.4, 0.5) is 4.79 Å². The average Bonchev–Trinajstić information content (AvgIpc) is 3.16. The lowest BCUT2D eigenvalue weighted by molar-refractivity contribution is -0.125. The molecule has 21 heavy (non-hydrogen) atoms. The predicted molar refractivity (Wildman–Crippen MR) is 76.2 cm³/mol. The molecule has 0 N–H and O–H groups in total. The first-order chi connectivity index (χ1) is 9.90. The van der Waals surface area contributed by atoms with Crippen molar-refractivity contribution in [3.05, 3.63) is 23.0 Å². The van der Waals surface area contributed by atoms with Crippen molar-refractivity contribution in [1.29, 1.82) is 0 Å². The predicted octanol–water partition coefficient (Wildman–Crippen LogP) is 1.52. The van der Waals surface area contributed by atoms with Crippen LogP contribution < -0.4 is 0 Å². The molecule has 2 heterocycles. The molecule has 2 aliphatic rings. The van der Waals surface area contributed by atoms with Crippen LogP contribution in [0.5, 0.6) is 0 Å². The third-order valence-corrected chi connectivity index (χ3v) is 4.23. The highest BCUT2D eigenvalue weighted by atomic mass is 16.2. The molecule has 6 heteroatoms. The van der Waals surface area contributed by atoms with Crippen LogP contribution in [-0.4, -0.2) is 52.2 Å². The van der Waals surface area contributed by atoms with Crippen LogP contribution in [-0.2, 0) is 4.79 Å². The third-order valence-electron chi connectivity index (χ3n) is 4.23. The number of rotatable bonds is 4. The Morgan fingerprint density at radius 2 is 1.95 bits per heavy atom. The quantitative estimate of drug-likeness (QED) is 0.623. The average molecular weight is 289 g/mol. The largest absolute Gasteiger partial charge is 0.345 e. The van der Waals surface area contributed by atoms with Gasteiger partial charge in [0.05, 0.1) is 6.54 Å². The summed E-state index contributed by atoms with van der Waals surface area (Å²) in [4.78, 5) is 38.4. The maximum Gasteiger partial charge on any atom is 0.327 e. The summed E-state index contributed by atoms with van der Waals surface area (Å²) in [5, 5.41) is 0. The fraction of sp³-hybridized carbons (Fsp3) is 0.533. The lowest BCUT2D eigenvalue weighted by Crippen LogP contribution is -2.36. The maximum atomic E-state index is 12.4. The molecule has 0 bridgehead atoms. The molecule has 0 radical (unpaired) electrons. The van der Waals surface area contributed by atoms with Crippen LogP contribution in [0.15, 0.2) is 6.07 Å². The molecule has 1 aromatic rings. The third kappa shape index (κ3) is 2.24. The zero-order valence-corrected chi connectivity index (χ0v) is 12.5. The second-order valence-corrected chi connectivity index (χ2v) is 5.93. The van der Waals surface area contributed by atoms with Gasteiger partial charge in [-0.2, -0.15) is 0 Å². The lowest BCUT2D eigenvalue weighted by Gasteiger charge is -2.13. The monoisotopic (exact) mass is 289 g/mol. The van der Waals surface area contributed by atoms with E-state index >= 15 is 0 Å². The van der Waals surface area contributed by atoms with E-state index in [-0.39, 0.29) is 24.8 Å². The van der Waals surface area contributed by atoms with E-state index in [1.165, 1.54) is 4.90 Å². The Hall–Kier alpha value is -2.11. The maximum absolute atomic E-state index is 12.4. The van der Waals surface area contributed by atoms with E-state index in [1.54, 1.807) is 7.05 Å². The van der Waals surface area contributed by atoms with E-state index < -0.39 is 6.03 Å². The molecule has 0 aromatic carbocycles. The Kier molecular flexibility index (Phi) is 3.11. The minimum absolute atomic E-state index is 0.0488. The molecule has 3 rings (SSSR count). The molecule has 2 fully saturated rings. The van der Waals surface area contributed by atoms with Crippen molar-refractivity contribution < 1.29 is 14.4 Å². The van der Waals surface area contributed by atoms with Gasteiger partial charge in [0.25, 0.3) is 5.91 Å². The molecule has 112 valence electrons. The van der Waals surface area contributed by atoms with E-state index in [4.69, 9.17) is 0 Å². The minimum atomic E-state index is -0.399. The van der Waals surface area contributed by atoms with Crippen molar-refractivity contribution in [1.82, 2.24) is 14.4 Å². The van der Waals surface area contributed by atoms with E-state index in [0.717, 1.165) is 29.1 Å². The summed E-state index contributed by atoms with van der Waals surface area (Å²) < 4.78 is 2.19. The number of amides is 3. The van der Waals surface area contributed by atoms with Crippen molar-refractivity contribution >= 4 is 17.7 Å². The number of aryl methyl sites for hydroxylation is 1. The van der Waals surface area contributed by atoms with Crippen molar-refractivity contribution in [3.63, 3.8) is 0 Å². The number of hydrogen-bond donors (Lipinski definition) is 0. The van der Waals surface area contributed by atoms with E-state index in [2.05, 4.69) is 4.57 Å². The molecule has 1 aliphatic carbocycles. The molecule has 1 aliphatic heterocycles. The van der Waals surface area contributed by atoms with Gasteiger partial charge in [0, 0.05) is 30.0 Å². The Bertz CT molecular complexity index is 643. The van der Waals surface area contributed by atoms with Gasteiger partial charge in [0.15, 0.2) is 5.78 Å². The topological polar surface area (TPSA) is 62.6 Å². The first-order valence-electron chi connectivity index (χ1n) is 7.17. The van der Waals surface area contributed by atoms with Gasteiger partial charge in [0.1, 0.15) is 6.54 Å². The Labute approximate surface area is 123 Å². The van der Waals surface area contributed by atoms with Gasteiger partial charge in [-0.3, -0.25) is 14.5 Å². The Morgan fingerprint density at radius 3 is 2.48 bits per heavy atom. The zero-order valence-electron chi connectivity index (χ0n) is 12.5. The van der Waals surface area contributed by atoms with Crippen LogP contribution in [0.25, 0.3) is 0 Å². The molecule has 3 amide bonds. The van der Waals surface area contributed by atoms with Gasteiger partial charge in [-0.05, 0) is 32.8 Å². The number of carbonyl (C=O) groups excluding carboxylic acids is 3. The number of carbonyl (C=O) groups is 3. The fourth-order valence-corrected chi connectivity index (χ4v) is 3.01. The number of urea groups is 1. The van der Waals surface area contributed by atoms with Gasteiger partial charge >= 0.3 is 6.03 Å². The molecule has 1 saturated heterocycles. The first kappa shape index (κ1) is 13.9. The van der Waals surface area contributed by atoms with Crippen molar-refractivity contribution in [2.45, 2.75) is 32.7 Å². The van der Waals surface area contributed by atoms with E-state index in [9.17, 15) is 14.4 Å². The van der Waals surface area contributed by atoms with Crippen molar-refractivity contribution in [2.24, 2.45) is 0 Å². The zero-order chi connectivity index (χ0) is 15.3. The summed E-state index contributed by atoms with van der Waals surface area (Å²) in [6, 6.07) is 1.97. The Morgan fingerprint density at radius 1 is 1.29 bits per heavy atom. The first-order valence-corrected chi connectivity index (χ1v) is 7.17. The summed E-state index contributed by atoms with van der Waals surface area (Å²) >= 11 is 0. The molecule has 0 unspecified atom stereocenters. The number of imide groups is 1. The number of Topliss-reactive ketones (excluding diaryl/α,β-unsaturated/α-hetero) is 1. The van der Waals surface area contributed by atoms with Crippen LogP contribution in [0.1, 0.15) is 40.6 Å². The van der Waals surface area contributed by atoms with Gasteiger partial charge in [-0.25, -0.2) is 4.79 Å². The second-order valence-electron chi connectivity index (χ2n) is 5.93. The number of nitrogens with zero attached hydrogens (tertiary/aromatic N) is 3. The van der Waals surface area contributed by atoms with Gasteiger partial charge in [-0.1, -0.05) is 0 Å². The minimum Gasteiger partial charge on any atom is -0.345 e. The van der Waals surface area contributed by atoms with Gasteiger partial charge in [0.2, 0.25) is 0 Å². The van der Waals surface area contributed by atoms with Crippen LogP contribution in [0.3, 0.4) is 0 Å². The number of ketones is 1. The summed E-state index contributed by atoms with van der Waals surface area (Å²) in [6.45, 7) is 3.80. The van der Waals surface area contributed by atoms with Gasteiger partial charge < -0.3 is 9.47 Å². The smallest absolute Gasteiger partial charge is 0.327 e. The summed E-state index contributed by atoms with van der Waals surface area (Å²) in [5.74, 6) is -0.487. The highest BCUT2D eigenvalue weighted by Gasteiger charge is 2.36. The Balaban J connectivity index is 1.82. The van der Waals surface area contributed by atoms with Gasteiger partial charge in [-0.15, -0.1) is 0 Å². The number of aromatic nitrogens is 1. The molecule has 1 aromatic heterocycles. The van der Waals surface area contributed by atoms with Crippen LogP contribution >= 0.6 is 0 Å². The standard InChI is InChI=1S/C15H19N3O3/c1-9-6-12(10(2)18(9)11-4-5-11)13(19)7-17-14(20)8-16(3)15(17)21/h6,11H,4-5,7-8H2,1-3H3. The van der Waals surface area contributed by atoms with E-state index in [0.29, 0.717) is 11.6 Å². The highest BCUT2D eigenvalue weighted by molar-refractivity contribution is 6.08. The molecular formula is C15H19N3O3. The highest BCUT2D eigenvalue weighted by Crippen LogP contribution is 2.38. The van der Waals surface area contributed by atoms with E-state index in [1.807, 2.05) is 19.9 Å². The molecule has 0 atom stereocenters. The summed E-state index contributed by atoms with van der Waals surface area (Å²) in [6.07, 6.45) is 2.30. The van der Waals surface area contributed by atoms with Crippen LogP contribution in [0, 0.1) is 13.8 Å². The SMILES string of the molecule is Cc1cc(C(=O)CN2C(=O)CN(C)C2=O)c(C)n1C1CC1. The summed E-state index contributed by atoms with van der Waals surface area (Å²) in [5.41, 5.74) is 2.62. The number of hydrogen-bond acceptors (Lipinski definition) is 3.